The van der Waals surface area contributed by atoms with Crippen molar-refractivity contribution in [2.75, 3.05) is 38.6 Å². The standard InChI is InChI=1S/C26H33F3N6OS/c1-36-35-10-5-8-19(35)14-30-23-16-34(15-18-6-3-2-4-7-18)11-9-22(23)33-24-21-12-20(13-26(27,28)29)37-25(21)32-17-31-24/h2-4,6-7,12,17,19,22-23,30H,5,8-11,13-16H2,1H3,(H,31,32,33)/t19?,22-,23-/m0/s1. The molecule has 3 aromatic rings. The van der Waals surface area contributed by atoms with Gasteiger partial charge >= 0.3 is 6.18 Å². The summed E-state index contributed by atoms with van der Waals surface area (Å²) in [6.07, 6.45) is -0.687. The van der Waals surface area contributed by atoms with Gasteiger partial charge in [0.2, 0.25) is 0 Å². The molecule has 11 heteroatoms. The maximum atomic E-state index is 13.0. The molecule has 0 saturated carbocycles. The number of hydrogen-bond acceptors (Lipinski definition) is 8. The van der Waals surface area contributed by atoms with E-state index in [-0.39, 0.29) is 17.0 Å². The third-order valence-electron chi connectivity index (χ3n) is 7.20. The molecular formula is C26H33F3N6OS. The maximum Gasteiger partial charge on any atom is 0.393 e. The monoisotopic (exact) mass is 534 g/mol. The molecular weight excluding hydrogens is 501 g/mol. The second-order valence-corrected chi connectivity index (χ2v) is 11.0. The Balaban J connectivity index is 1.32. The van der Waals surface area contributed by atoms with Crippen molar-refractivity contribution in [2.24, 2.45) is 0 Å². The van der Waals surface area contributed by atoms with Crippen LogP contribution < -0.4 is 10.6 Å². The van der Waals surface area contributed by atoms with E-state index in [0.717, 1.165) is 63.3 Å². The zero-order valence-electron chi connectivity index (χ0n) is 20.9. The molecule has 2 saturated heterocycles. The Bertz CT molecular complexity index is 1160. The number of fused-ring (bicyclic) bond motifs is 1. The van der Waals surface area contributed by atoms with Crippen LogP contribution >= 0.6 is 11.3 Å². The lowest BCUT2D eigenvalue weighted by Crippen LogP contribution is -2.57. The van der Waals surface area contributed by atoms with E-state index in [0.29, 0.717) is 22.1 Å². The lowest BCUT2D eigenvalue weighted by atomic mass is 9.97. The van der Waals surface area contributed by atoms with E-state index < -0.39 is 12.6 Å². The lowest BCUT2D eigenvalue weighted by Gasteiger charge is -2.40. The molecule has 2 fully saturated rings. The number of nitrogens with zero attached hydrogens (tertiary/aromatic N) is 4. The van der Waals surface area contributed by atoms with Gasteiger partial charge in [-0.15, -0.1) is 11.3 Å². The largest absolute Gasteiger partial charge is 0.393 e. The van der Waals surface area contributed by atoms with Crippen molar-refractivity contribution in [1.82, 2.24) is 25.2 Å². The van der Waals surface area contributed by atoms with Crippen LogP contribution in [0.15, 0.2) is 42.7 Å². The molecule has 2 aliphatic heterocycles. The number of benzene rings is 1. The van der Waals surface area contributed by atoms with Crippen molar-refractivity contribution in [1.29, 1.82) is 0 Å². The molecule has 0 spiro atoms. The first-order chi connectivity index (χ1) is 17.9. The normalized spacial score (nSPS) is 23.6. The number of hydroxylamine groups is 2. The van der Waals surface area contributed by atoms with E-state index in [1.807, 2.05) is 11.1 Å². The van der Waals surface area contributed by atoms with Crippen LogP contribution in [0.4, 0.5) is 19.0 Å². The number of alkyl halides is 3. The highest BCUT2D eigenvalue weighted by atomic mass is 32.1. The summed E-state index contributed by atoms with van der Waals surface area (Å²) >= 11 is 1.08. The number of anilines is 1. The number of thiophene rings is 1. The molecule has 200 valence electrons. The summed E-state index contributed by atoms with van der Waals surface area (Å²) in [5, 5.41) is 10.1. The van der Waals surface area contributed by atoms with Crippen molar-refractivity contribution in [3.63, 3.8) is 0 Å². The molecule has 3 atom stereocenters. The quantitative estimate of drug-likeness (QED) is 0.420. The van der Waals surface area contributed by atoms with Gasteiger partial charge in [0.05, 0.1) is 18.9 Å². The third-order valence-corrected chi connectivity index (χ3v) is 8.24. The first-order valence-electron chi connectivity index (χ1n) is 12.7. The zero-order valence-corrected chi connectivity index (χ0v) is 21.7. The highest BCUT2D eigenvalue weighted by Crippen LogP contribution is 2.33. The summed E-state index contributed by atoms with van der Waals surface area (Å²) in [5.74, 6) is 0.599. The summed E-state index contributed by atoms with van der Waals surface area (Å²) in [5.41, 5.74) is 1.28. The number of hydrogen-bond donors (Lipinski definition) is 2. The average Bonchev–Trinajstić information content (AvgIpc) is 3.50. The second-order valence-electron chi connectivity index (χ2n) is 9.84. The van der Waals surface area contributed by atoms with E-state index in [4.69, 9.17) is 4.84 Å². The Morgan fingerprint density at radius 3 is 2.73 bits per heavy atom. The summed E-state index contributed by atoms with van der Waals surface area (Å²) in [4.78, 5) is 17.5. The van der Waals surface area contributed by atoms with Crippen molar-refractivity contribution >= 4 is 27.4 Å². The number of halogens is 3. The Morgan fingerprint density at radius 2 is 1.95 bits per heavy atom. The van der Waals surface area contributed by atoms with Gasteiger partial charge in [-0.2, -0.15) is 18.2 Å². The zero-order chi connectivity index (χ0) is 25.8. The average molecular weight is 535 g/mol. The molecule has 4 heterocycles. The minimum atomic E-state index is -4.25. The fraction of sp³-hybridized carbons (Fsp3) is 0.538. The van der Waals surface area contributed by atoms with Crippen LogP contribution in [0.2, 0.25) is 0 Å². The molecule has 0 bridgehead atoms. The molecule has 0 aliphatic carbocycles. The minimum Gasteiger partial charge on any atom is -0.365 e. The van der Waals surface area contributed by atoms with E-state index in [2.05, 4.69) is 49.8 Å². The Kier molecular flexibility index (Phi) is 8.25. The van der Waals surface area contributed by atoms with Crippen molar-refractivity contribution < 1.29 is 18.0 Å². The smallest absolute Gasteiger partial charge is 0.365 e. The van der Waals surface area contributed by atoms with E-state index in [1.54, 1.807) is 13.2 Å². The highest BCUT2D eigenvalue weighted by Gasteiger charge is 2.33. The molecule has 1 aromatic carbocycles. The van der Waals surface area contributed by atoms with Gasteiger partial charge in [0.1, 0.15) is 17.0 Å². The first-order valence-corrected chi connectivity index (χ1v) is 13.6. The number of aromatic nitrogens is 2. The summed E-state index contributed by atoms with van der Waals surface area (Å²) in [7, 11) is 1.72. The summed E-state index contributed by atoms with van der Waals surface area (Å²) in [6.45, 7) is 4.39. The Hall–Kier alpha value is -2.31. The van der Waals surface area contributed by atoms with Gasteiger partial charge < -0.3 is 15.5 Å². The first kappa shape index (κ1) is 26.3. The van der Waals surface area contributed by atoms with E-state index in [9.17, 15) is 13.2 Å². The molecule has 2 N–H and O–H groups in total. The Labute approximate surface area is 219 Å². The minimum absolute atomic E-state index is 0.0773. The summed E-state index contributed by atoms with van der Waals surface area (Å²) < 4.78 is 38.9. The van der Waals surface area contributed by atoms with Crippen molar-refractivity contribution in [3.05, 3.63) is 53.2 Å². The van der Waals surface area contributed by atoms with Crippen molar-refractivity contribution in [3.8, 4) is 0 Å². The van der Waals surface area contributed by atoms with Crippen LogP contribution in [0, 0.1) is 0 Å². The van der Waals surface area contributed by atoms with Gasteiger partial charge in [-0.1, -0.05) is 30.3 Å². The second kappa shape index (κ2) is 11.6. The van der Waals surface area contributed by atoms with Crippen LogP contribution in [0.5, 0.6) is 0 Å². The van der Waals surface area contributed by atoms with Gasteiger partial charge in [0, 0.05) is 55.7 Å². The van der Waals surface area contributed by atoms with Gasteiger partial charge in [-0.05, 0) is 30.9 Å². The predicted molar refractivity (Wildman–Crippen MR) is 139 cm³/mol. The fourth-order valence-electron chi connectivity index (χ4n) is 5.41. The van der Waals surface area contributed by atoms with Gasteiger partial charge in [0.15, 0.2) is 0 Å². The van der Waals surface area contributed by atoms with E-state index in [1.165, 1.54) is 11.9 Å². The van der Waals surface area contributed by atoms with Crippen LogP contribution in [-0.2, 0) is 17.8 Å². The SMILES string of the molecule is CON1CCCC1CN[C@H]1CN(Cc2ccccc2)CC[C@@H]1Nc1ncnc2sc(CC(F)(F)F)cc12. The Morgan fingerprint density at radius 1 is 1.11 bits per heavy atom. The van der Waals surface area contributed by atoms with Gasteiger partial charge in [-0.25, -0.2) is 9.97 Å². The number of rotatable bonds is 9. The van der Waals surface area contributed by atoms with Crippen molar-refractivity contribution in [2.45, 2.75) is 56.5 Å². The van der Waals surface area contributed by atoms with Crippen LogP contribution in [0.3, 0.4) is 0 Å². The van der Waals surface area contributed by atoms with E-state index >= 15 is 0 Å². The van der Waals surface area contributed by atoms with Crippen LogP contribution in [0.25, 0.3) is 10.2 Å². The topological polar surface area (TPSA) is 65.6 Å². The molecule has 37 heavy (non-hydrogen) atoms. The van der Waals surface area contributed by atoms with Gasteiger partial charge in [0.25, 0.3) is 0 Å². The van der Waals surface area contributed by atoms with Crippen LogP contribution in [-0.4, -0.2) is 77.5 Å². The maximum absolute atomic E-state index is 13.0. The highest BCUT2D eigenvalue weighted by molar-refractivity contribution is 7.18. The molecule has 0 radical (unpaired) electrons. The number of nitrogens with one attached hydrogen (secondary N) is 2. The molecule has 1 unspecified atom stereocenters. The lowest BCUT2D eigenvalue weighted by molar-refractivity contribution is -0.140. The molecule has 5 rings (SSSR count). The molecule has 2 aliphatic rings. The molecule has 2 aromatic heterocycles. The van der Waals surface area contributed by atoms with Gasteiger partial charge in [-0.3, -0.25) is 4.90 Å². The van der Waals surface area contributed by atoms with Crippen LogP contribution in [0.1, 0.15) is 29.7 Å². The fourth-order valence-corrected chi connectivity index (χ4v) is 6.43. The predicted octanol–water partition coefficient (Wildman–Crippen LogP) is 4.47. The number of likely N-dealkylation sites (tertiary alicyclic amines) is 1. The third kappa shape index (κ3) is 6.77. The molecule has 0 amide bonds. The summed E-state index contributed by atoms with van der Waals surface area (Å²) in [6, 6.07) is 12.6. The molecule has 7 nitrogen and oxygen atoms in total. The number of piperidine rings is 1.